The van der Waals surface area contributed by atoms with Crippen LogP contribution < -0.4 is 5.32 Å². The fraction of sp³-hybridized carbons (Fsp3) is 0.632. The van der Waals surface area contributed by atoms with Gasteiger partial charge in [-0.05, 0) is 56.8 Å². The zero-order chi connectivity index (χ0) is 15.9. The van der Waals surface area contributed by atoms with Gasteiger partial charge in [-0.2, -0.15) is 0 Å². The van der Waals surface area contributed by atoms with Gasteiger partial charge in [-0.15, -0.1) is 0 Å². The molecule has 1 N–H and O–H groups in total. The molecule has 4 heteroatoms. The van der Waals surface area contributed by atoms with E-state index in [4.69, 9.17) is 4.99 Å². The third-order valence-corrected chi connectivity index (χ3v) is 4.78. The number of nitrogens with zero attached hydrogens (tertiary/aromatic N) is 3. The molecule has 0 amide bonds. The summed E-state index contributed by atoms with van der Waals surface area (Å²) in [6.45, 7) is 9.73. The summed E-state index contributed by atoms with van der Waals surface area (Å²) in [6, 6.07) is 9.02. The summed E-state index contributed by atoms with van der Waals surface area (Å²) in [5, 5.41) is 3.42. The molecule has 0 unspecified atom stereocenters. The number of aliphatic imine (C=N–C) groups is 1. The Balaban J connectivity index is 1.56. The van der Waals surface area contributed by atoms with Crippen LogP contribution in [-0.4, -0.2) is 48.5 Å². The lowest BCUT2D eigenvalue weighted by Gasteiger charge is -2.20. The van der Waals surface area contributed by atoms with E-state index in [0.717, 1.165) is 38.7 Å². The first-order valence-corrected chi connectivity index (χ1v) is 9.18. The molecule has 126 valence electrons. The molecule has 1 aromatic rings. The minimum absolute atomic E-state index is 0.767. The molecule has 2 saturated heterocycles. The number of guanidine groups is 1. The quantitative estimate of drug-likeness (QED) is 0.670. The van der Waals surface area contributed by atoms with E-state index >= 15 is 0 Å². The van der Waals surface area contributed by atoms with Crippen LogP contribution in [0, 0.1) is 0 Å². The molecule has 0 radical (unpaired) electrons. The fourth-order valence-corrected chi connectivity index (χ4v) is 3.47. The Kier molecular flexibility index (Phi) is 5.92. The minimum atomic E-state index is 0.767. The van der Waals surface area contributed by atoms with E-state index in [1.54, 1.807) is 0 Å². The second-order valence-electron chi connectivity index (χ2n) is 6.66. The second-order valence-corrected chi connectivity index (χ2v) is 6.66. The first-order chi connectivity index (χ1) is 11.3. The van der Waals surface area contributed by atoms with Gasteiger partial charge in [0.15, 0.2) is 5.96 Å². The maximum atomic E-state index is 4.82. The van der Waals surface area contributed by atoms with E-state index in [2.05, 4.69) is 46.3 Å². The van der Waals surface area contributed by atoms with Gasteiger partial charge >= 0.3 is 0 Å². The number of hydrogen-bond donors (Lipinski definition) is 1. The molecular weight excluding hydrogens is 284 g/mol. The molecule has 0 bridgehead atoms. The van der Waals surface area contributed by atoms with Crippen molar-refractivity contribution in [1.82, 2.24) is 15.1 Å². The van der Waals surface area contributed by atoms with E-state index < -0.39 is 0 Å². The smallest absolute Gasteiger partial charge is 0.194 e. The Bertz CT molecular complexity index is 497. The third-order valence-electron chi connectivity index (χ3n) is 4.78. The molecule has 2 fully saturated rings. The highest BCUT2D eigenvalue weighted by Crippen LogP contribution is 2.14. The Morgan fingerprint density at radius 1 is 0.957 bits per heavy atom. The summed E-state index contributed by atoms with van der Waals surface area (Å²) in [5.41, 5.74) is 2.72. The number of benzene rings is 1. The van der Waals surface area contributed by atoms with Gasteiger partial charge in [0.2, 0.25) is 0 Å². The zero-order valence-corrected chi connectivity index (χ0v) is 14.4. The molecule has 0 spiro atoms. The summed E-state index contributed by atoms with van der Waals surface area (Å²) in [6.07, 6.45) is 5.29. The fourth-order valence-electron chi connectivity index (χ4n) is 3.47. The maximum absolute atomic E-state index is 4.82. The molecule has 2 aliphatic heterocycles. The number of hydrogen-bond acceptors (Lipinski definition) is 2. The summed E-state index contributed by atoms with van der Waals surface area (Å²) < 4.78 is 0. The highest BCUT2D eigenvalue weighted by molar-refractivity contribution is 5.80. The zero-order valence-electron chi connectivity index (χ0n) is 14.4. The molecule has 1 aromatic carbocycles. The van der Waals surface area contributed by atoms with Gasteiger partial charge in [-0.3, -0.25) is 4.90 Å². The molecule has 23 heavy (non-hydrogen) atoms. The average Bonchev–Trinajstić information content (AvgIpc) is 3.26. The van der Waals surface area contributed by atoms with Crippen molar-refractivity contribution in [2.75, 3.05) is 32.7 Å². The normalized spacial score (nSPS) is 19.5. The van der Waals surface area contributed by atoms with Crippen LogP contribution in [-0.2, 0) is 13.1 Å². The highest BCUT2D eigenvalue weighted by atomic mass is 15.3. The standard InChI is InChI=1S/C19H30N4/c1-2-20-19(23-13-5-6-14-23)21-15-17-7-9-18(10-8-17)16-22-11-3-4-12-22/h7-10H,2-6,11-16H2,1H3,(H,20,21). The van der Waals surface area contributed by atoms with Crippen molar-refractivity contribution in [2.45, 2.75) is 45.7 Å². The molecule has 0 atom stereocenters. The van der Waals surface area contributed by atoms with Crippen molar-refractivity contribution in [3.63, 3.8) is 0 Å². The molecule has 0 saturated carbocycles. The maximum Gasteiger partial charge on any atom is 0.194 e. The van der Waals surface area contributed by atoms with Gasteiger partial charge in [-0.25, -0.2) is 4.99 Å². The third kappa shape index (κ3) is 4.71. The minimum Gasteiger partial charge on any atom is -0.357 e. The molecule has 2 heterocycles. The van der Waals surface area contributed by atoms with E-state index in [-0.39, 0.29) is 0 Å². The summed E-state index contributed by atoms with van der Waals surface area (Å²) in [7, 11) is 0. The van der Waals surface area contributed by atoms with Crippen LogP contribution in [0.15, 0.2) is 29.3 Å². The van der Waals surface area contributed by atoms with E-state index in [9.17, 15) is 0 Å². The van der Waals surface area contributed by atoms with Crippen molar-refractivity contribution in [1.29, 1.82) is 0 Å². The van der Waals surface area contributed by atoms with Crippen molar-refractivity contribution in [2.24, 2.45) is 4.99 Å². The lowest BCUT2D eigenvalue weighted by molar-refractivity contribution is 0.331. The van der Waals surface area contributed by atoms with E-state index in [1.807, 2.05) is 0 Å². The molecule has 2 aliphatic rings. The lowest BCUT2D eigenvalue weighted by atomic mass is 10.1. The van der Waals surface area contributed by atoms with Crippen molar-refractivity contribution >= 4 is 5.96 Å². The van der Waals surface area contributed by atoms with Crippen LogP contribution in [0.1, 0.15) is 43.7 Å². The number of likely N-dealkylation sites (tertiary alicyclic amines) is 2. The molecule has 0 aliphatic carbocycles. The summed E-state index contributed by atoms with van der Waals surface area (Å²) in [5.74, 6) is 1.08. The Morgan fingerprint density at radius 2 is 1.57 bits per heavy atom. The number of rotatable bonds is 5. The van der Waals surface area contributed by atoms with Gasteiger partial charge in [0.25, 0.3) is 0 Å². The first-order valence-electron chi connectivity index (χ1n) is 9.18. The highest BCUT2D eigenvalue weighted by Gasteiger charge is 2.15. The Morgan fingerprint density at radius 3 is 2.22 bits per heavy atom. The van der Waals surface area contributed by atoms with Crippen LogP contribution >= 0.6 is 0 Å². The molecular formula is C19H30N4. The van der Waals surface area contributed by atoms with Crippen LogP contribution in [0.3, 0.4) is 0 Å². The largest absolute Gasteiger partial charge is 0.357 e. The van der Waals surface area contributed by atoms with Crippen LogP contribution in [0.4, 0.5) is 0 Å². The van der Waals surface area contributed by atoms with Crippen LogP contribution in [0.2, 0.25) is 0 Å². The van der Waals surface area contributed by atoms with Gasteiger partial charge in [0.05, 0.1) is 6.54 Å². The van der Waals surface area contributed by atoms with E-state index in [1.165, 1.54) is 49.9 Å². The van der Waals surface area contributed by atoms with E-state index in [0.29, 0.717) is 0 Å². The van der Waals surface area contributed by atoms with Gasteiger partial charge in [-0.1, -0.05) is 24.3 Å². The molecule has 4 nitrogen and oxygen atoms in total. The first kappa shape index (κ1) is 16.3. The van der Waals surface area contributed by atoms with Gasteiger partial charge in [0, 0.05) is 26.2 Å². The summed E-state index contributed by atoms with van der Waals surface area (Å²) >= 11 is 0. The summed E-state index contributed by atoms with van der Waals surface area (Å²) in [4.78, 5) is 9.75. The molecule has 0 aromatic heterocycles. The monoisotopic (exact) mass is 314 g/mol. The SMILES string of the molecule is CCNC(=NCc1ccc(CN2CCCC2)cc1)N1CCCC1. The Labute approximate surface area is 140 Å². The van der Waals surface area contributed by atoms with Crippen LogP contribution in [0.25, 0.3) is 0 Å². The van der Waals surface area contributed by atoms with Gasteiger partial charge in [0.1, 0.15) is 0 Å². The average molecular weight is 314 g/mol. The van der Waals surface area contributed by atoms with Crippen molar-refractivity contribution in [3.8, 4) is 0 Å². The predicted octanol–water partition coefficient (Wildman–Crippen LogP) is 2.84. The van der Waals surface area contributed by atoms with Crippen LogP contribution in [0.5, 0.6) is 0 Å². The Hall–Kier alpha value is -1.55. The second kappa shape index (κ2) is 8.34. The number of nitrogens with one attached hydrogen (secondary N) is 1. The van der Waals surface area contributed by atoms with Crippen molar-refractivity contribution in [3.05, 3.63) is 35.4 Å². The topological polar surface area (TPSA) is 30.9 Å². The lowest BCUT2D eigenvalue weighted by Crippen LogP contribution is -2.39. The van der Waals surface area contributed by atoms with Crippen molar-refractivity contribution < 1.29 is 0 Å². The van der Waals surface area contributed by atoms with Gasteiger partial charge < -0.3 is 10.2 Å². The predicted molar refractivity (Wildman–Crippen MR) is 96.6 cm³/mol. The molecule has 3 rings (SSSR count).